The lowest BCUT2D eigenvalue weighted by Crippen LogP contribution is -2.33. The molecule has 1 amide bonds. The van der Waals surface area contributed by atoms with E-state index in [-0.39, 0.29) is 4.32 Å². The van der Waals surface area contributed by atoms with E-state index in [4.69, 9.17) is 22.4 Å². The molecule has 0 spiro atoms. The molecule has 9 heteroatoms. The third-order valence-electron chi connectivity index (χ3n) is 5.11. The van der Waals surface area contributed by atoms with E-state index in [1.54, 1.807) is 10.8 Å². The SMILES string of the molecule is CCCCSc1ccc(-c2nn(-c3ccccc3)cc2/C=C2\SC(=S)N(CC(=O)O)C2=O)cc1. The molecule has 34 heavy (non-hydrogen) atoms. The molecule has 1 aliphatic heterocycles. The Morgan fingerprint density at radius 3 is 2.59 bits per heavy atom. The summed E-state index contributed by atoms with van der Waals surface area (Å²) in [4.78, 5) is 26.6. The minimum atomic E-state index is -1.10. The van der Waals surface area contributed by atoms with Gasteiger partial charge in [0.2, 0.25) is 0 Å². The predicted molar refractivity (Wildman–Crippen MR) is 142 cm³/mol. The van der Waals surface area contributed by atoms with Crippen molar-refractivity contribution in [3.8, 4) is 16.9 Å². The number of unbranched alkanes of at least 4 members (excludes halogenated alkanes) is 1. The van der Waals surface area contributed by atoms with E-state index in [9.17, 15) is 9.59 Å². The van der Waals surface area contributed by atoms with Crippen molar-refractivity contribution in [2.75, 3.05) is 12.3 Å². The van der Waals surface area contributed by atoms with Crippen molar-refractivity contribution in [1.82, 2.24) is 14.7 Å². The van der Waals surface area contributed by atoms with Gasteiger partial charge < -0.3 is 5.11 Å². The van der Waals surface area contributed by atoms with Crippen LogP contribution in [0.15, 0.2) is 70.6 Å². The van der Waals surface area contributed by atoms with Gasteiger partial charge in [-0.25, -0.2) is 4.68 Å². The monoisotopic (exact) mass is 509 g/mol. The topological polar surface area (TPSA) is 75.4 Å². The summed E-state index contributed by atoms with van der Waals surface area (Å²) in [6.45, 7) is 1.74. The van der Waals surface area contributed by atoms with E-state index in [1.807, 2.05) is 60.4 Å². The third kappa shape index (κ3) is 5.60. The Bertz CT molecular complexity index is 1240. The fourth-order valence-corrected chi connectivity index (χ4v) is 5.63. The number of carbonyl (C=O) groups is 2. The van der Waals surface area contributed by atoms with E-state index >= 15 is 0 Å². The highest BCUT2D eigenvalue weighted by molar-refractivity contribution is 8.26. The summed E-state index contributed by atoms with van der Waals surface area (Å²) in [5.41, 5.74) is 3.32. The van der Waals surface area contributed by atoms with Crippen molar-refractivity contribution in [1.29, 1.82) is 0 Å². The van der Waals surface area contributed by atoms with Gasteiger partial charge in [0, 0.05) is 22.2 Å². The minimum absolute atomic E-state index is 0.240. The van der Waals surface area contributed by atoms with Crippen molar-refractivity contribution >= 4 is 58.0 Å². The normalized spacial score (nSPS) is 14.9. The zero-order valence-corrected chi connectivity index (χ0v) is 21.0. The summed E-state index contributed by atoms with van der Waals surface area (Å²) in [6, 6.07) is 18.0. The number of thiocarbonyl (C=S) groups is 1. The number of thioether (sulfide) groups is 2. The van der Waals surface area contributed by atoms with Crippen molar-refractivity contribution in [2.45, 2.75) is 24.7 Å². The highest BCUT2D eigenvalue weighted by atomic mass is 32.2. The van der Waals surface area contributed by atoms with Crippen LogP contribution in [-0.4, -0.2) is 48.3 Å². The van der Waals surface area contributed by atoms with Crippen LogP contribution in [0.25, 0.3) is 23.0 Å². The molecule has 1 aliphatic rings. The summed E-state index contributed by atoms with van der Waals surface area (Å²) in [7, 11) is 0. The second-order valence-corrected chi connectivity index (χ2v) is 10.4. The van der Waals surface area contributed by atoms with Gasteiger partial charge >= 0.3 is 5.97 Å². The number of nitrogens with zero attached hydrogens (tertiary/aromatic N) is 3. The van der Waals surface area contributed by atoms with Gasteiger partial charge in [-0.1, -0.05) is 67.7 Å². The van der Waals surface area contributed by atoms with Crippen molar-refractivity contribution in [3.05, 3.63) is 71.3 Å². The quantitative estimate of drug-likeness (QED) is 0.171. The van der Waals surface area contributed by atoms with Crippen LogP contribution < -0.4 is 0 Å². The molecule has 4 rings (SSSR count). The van der Waals surface area contributed by atoms with Gasteiger partial charge in [-0.3, -0.25) is 14.5 Å². The first kappa shape index (κ1) is 24.3. The van der Waals surface area contributed by atoms with Crippen LogP contribution in [0.4, 0.5) is 0 Å². The molecule has 0 aliphatic carbocycles. The molecule has 0 atom stereocenters. The lowest BCUT2D eigenvalue weighted by atomic mass is 10.1. The summed E-state index contributed by atoms with van der Waals surface area (Å²) in [5.74, 6) is -0.424. The van der Waals surface area contributed by atoms with Gasteiger partial charge in [0.25, 0.3) is 5.91 Å². The van der Waals surface area contributed by atoms with Gasteiger partial charge in [0.05, 0.1) is 16.3 Å². The number of rotatable bonds is 9. The van der Waals surface area contributed by atoms with Gasteiger partial charge in [-0.2, -0.15) is 5.10 Å². The minimum Gasteiger partial charge on any atom is -0.480 e. The van der Waals surface area contributed by atoms with Gasteiger partial charge in [-0.15, -0.1) is 11.8 Å². The molecule has 1 N–H and O–H groups in total. The van der Waals surface area contributed by atoms with Crippen LogP contribution >= 0.6 is 35.7 Å². The lowest BCUT2D eigenvalue weighted by Gasteiger charge is -2.10. The molecule has 0 saturated carbocycles. The Morgan fingerprint density at radius 2 is 1.91 bits per heavy atom. The number of hydrogen-bond donors (Lipinski definition) is 1. The molecule has 0 radical (unpaired) electrons. The maximum atomic E-state index is 12.8. The number of carboxylic acid groups (broad SMARTS) is 1. The van der Waals surface area contributed by atoms with Crippen LogP contribution in [0.3, 0.4) is 0 Å². The summed E-state index contributed by atoms with van der Waals surface area (Å²) in [6.07, 6.45) is 5.97. The van der Waals surface area contributed by atoms with E-state index in [0.717, 1.165) is 44.9 Å². The molecule has 0 bridgehead atoms. The second kappa shape index (κ2) is 11.0. The van der Waals surface area contributed by atoms with Crippen LogP contribution in [0, 0.1) is 0 Å². The maximum Gasteiger partial charge on any atom is 0.323 e. The number of aromatic nitrogens is 2. The average molecular weight is 510 g/mol. The Kier molecular flexibility index (Phi) is 7.87. The Balaban J connectivity index is 1.70. The Morgan fingerprint density at radius 1 is 1.18 bits per heavy atom. The largest absolute Gasteiger partial charge is 0.480 e. The summed E-state index contributed by atoms with van der Waals surface area (Å²) < 4.78 is 2.02. The summed E-state index contributed by atoms with van der Waals surface area (Å²) in [5, 5.41) is 13.9. The molecule has 1 fully saturated rings. The molecular formula is C25H23N3O3S3. The van der Waals surface area contributed by atoms with Crippen LogP contribution in [0.5, 0.6) is 0 Å². The van der Waals surface area contributed by atoms with Crippen LogP contribution in [-0.2, 0) is 9.59 Å². The molecule has 3 aromatic rings. The van der Waals surface area contributed by atoms with Crippen LogP contribution in [0.2, 0.25) is 0 Å². The Labute approximate surface area is 212 Å². The molecule has 1 aromatic heterocycles. The van der Waals surface area contributed by atoms with E-state index in [0.29, 0.717) is 4.91 Å². The number of hydrogen-bond acceptors (Lipinski definition) is 6. The molecule has 1 saturated heterocycles. The first-order valence-electron chi connectivity index (χ1n) is 10.8. The van der Waals surface area contributed by atoms with Crippen molar-refractivity contribution in [3.63, 3.8) is 0 Å². The molecule has 6 nitrogen and oxygen atoms in total. The zero-order valence-electron chi connectivity index (χ0n) is 18.5. The Hall–Kier alpha value is -2.88. The number of amides is 1. The number of para-hydroxylation sites is 1. The molecule has 2 heterocycles. The zero-order chi connectivity index (χ0) is 24.1. The number of carboxylic acids is 1. The van der Waals surface area contributed by atoms with E-state index in [1.165, 1.54) is 17.7 Å². The lowest BCUT2D eigenvalue weighted by molar-refractivity contribution is -0.140. The van der Waals surface area contributed by atoms with Gasteiger partial charge in [-0.05, 0) is 42.5 Å². The first-order chi connectivity index (χ1) is 16.5. The molecule has 2 aromatic carbocycles. The molecular weight excluding hydrogens is 486 g/mol. The van der Waals surface area contributed by atoms with Crippen molar-refractivity contribution < 1.29 is 14.7 Å². The predicted octanol–water partition coefficient (Wildman–Crippen LogP) is 5.72. The van der Waals surface area contributed by atoms with E-state index in [2.05, 4.69) is 19.1 Å². The number of carbonyl (C=O) groups excluding carboxylic acids is 1. The van der Waals surface area contributed by atoms with E-state index < -0.39 is 18.4 Å². The van der Waals surface area contributed by atoms with Crippen LogP contribution in [0.1, 0.15) is 25.3 Å². The fraction of sp³-hybridized carbons (Fsp3) is 0.200. The maximum absolute atomic E-state index is 12.8. The molecule has 174 valence electrons. The molecule has 0 unspecified atom stereocenters. The summed E-state index contributed by atoms with van der Waals surface area (Å²) >= 11 is 8.18. The number of aliphatic carboxylic acids is 1. The smallest absolute Gasteiger partial charge is 0.323 e. The standard InChI is InChI=1S/C25H23N3O3S3/c1-2-3-13-33-20-11-9-17(10-12-20)23-18(15-28(26-23)19-7-5-4-6-8-19)14-21-24(31)27(16-22(29)30)25(32)34-21/h4-12,14-15H,2-3,13,16H2,1H3,(H,29,30)/b21-14-. The number of benzene rings is 2. The second-order valence-electron chi connectivity index (χ2n) is 7.60. The third-order valence-corrected chi connectivity index (χ3v) is 7.59. The van der Waals surface area contributed by atoms with Crippen molar-refractivity contribution in [2.24, 2.45) is 0 Å². The first-order valence-corrected chi connectivity index (χ1v) is 13.0. The van der Waals surface area contributed by atoms with Gasteiger partial charge in [0.15, 0.2) is 0 Å². The van der Waals surface area contributed by atoms with Gasteiger partial charge in [0.1, 0.15) is 10.9 Å². The fourth-order valence-electron chi connectivity index (χ4n) is 3.39. The highest BCUT2D eigenvalue weighted by Gasteiger charge is 2.33. The average Bonchev–Trinajstić information content (AvgIpc) is 3.37. The highest BCUT2D eigenvalue weighted by Crippen LogP contribution is 2.35.